The van der Waals surface area contributed by atoms with Crippen molar-refractivity contribution in [2.24, 2.45) is 0 Å². The summed E-state index contributed by atoms with van der Waals surface area (Å²) in [5.74, 6) is 0.727. The first kappa shape index (κ1) is 13.4. The Hall–Kier alpha value is -1.55. The lowest BCUT2D eigenvalue weighted by atomic mass is 10.1. The molecule has 2 aromatic rings. The quantitative estimate of drug-likeness (QED) is 0.930. The molecular formula is C16H23N3O. The molecule has 1 aliphatic rings. The first-order valence-electron chi connectivity index (χ1n) is 7.60. The lowest BCUT2D eigenvalue weighted by molar-refractivity contribution is 0.300. The molecule has 4 nitrogen and oxygen atoms in total. The van der Waals surface area contributed by atoms with E-state index >= 15 is 0 Å². The molecule has 1 unspecified atom stereocenters. The van der Waals surface area contributed by atoms with Crippen LogP contribution in [0.1, 0.15) is 32.1 Å². The van der Waals surface area contributed by atoms with Crippen LogP contribution in [0.4, 0.5) is 5.69 Å². The summed E-state index contributed by atoms with van der Waals surface area (Å²) in [5, 5.41) is 3.66. The summed E-state index contributed by atoms with van der Waals surface area (Å²) in [7, 11) is 0. The fourth-order valence-corrected chi connectivity index (χ4v) is 2.98. The molecule has 1 aromatic carbocycles. The number of anilines is 1. The number of aromatic nitrogens is 1. The Balaban J connectivity index is 1.69. The first-order chi connectivity index (χ1) is 9.74. The third-order valence-corrected chi connectivity index (χ3v) is 4.13. The van der Waals surface area contributed by atoms with Gasteiger partial charge in [0, 0.05) is 25.2 Å². The van der Waals surface area contributed by atoms with Crippen LogP contribution in [0, 0.1) is 6.92 Å². The van der Waals surface area contributed by atoms with E-state index in [4.69, 9.17) is 4.42 Å². The van der Waals surface area contributed by atoms with Crippen LogP contribution in [0.15, 0.2) is 22.6 Å². The second-order valence-corrected chi connectivity index (χ2v) is 5.62. The number of rotatable bonds is 3. The molecule has 108 valence electrons. The Morgan fingerprint density at radius 2 is 2.25 bits per heavy atom. The van der Waals surface area contributed by atoms with E-state index < -0.39 is 0 Å². The van der Waals surface area contributed by atoms with Gasteiger partial charge in [-0.05, 0) is 50.6 Å². The fourth-order valence-electron chi connectivity index (χ4n) is 2.98. The first-order valence-corrected chi connectivity index (χ1v) is 7.60. The highest BCUT2D eigenvalue weighted by atomic mass is 16.3. The lowest BCUT2D eigenvalue weighted by Crippen LogP contribution is -2.26. The van der Waals surface area contributed by atoms with Crippen molar-refractivity contribution in [3.05, 3.63) is 24.1 Å². The Morgan fingerprint density at radius 3 is 3.10 bits per heavy atom. The fraction of sp³-hybridized carbons (Fsp3) is 0.562. The zero-order valence-electron chi connectivity index (χ0n) is 12.4. The third-order valence-electron chi connectivity index (χ3n) is 4.13. The van der Waals surface area contributed by atoms with Gasteiger partial charge >= 0.3 is 0 Å². The average molecular weight is 273 g/mol. The van der Waals surface area contributed by atoms with Gasteiger partial charge in [-0.1, -0.05) is 6.92 Å². The van der Waals surface area contributed by atoms with E-state index in [0.29, 0.717) is 6.04 Å². The number of aryl methyl sites for hydroxylation is 1. The van der Waals surface area contributed by atoms with Crippen molar-refractivity contribution in [3.63, 3.8) is 0 Å². The summed E-state index contributed by atoms with van der Waals surface area (Å²) in [4.78, 5) is 6.93. The van der Waals surface area contributed by atoms with Gasteiger partial charge in [0.1, 0.15) is 5.52 Å². The van der Waals surface area contributed by atoms with Gasteiger partial charge in [0.05, 0.1) is 0 Å². The topological polar surface area (TPSA) is 41.3 Å². The van der Waals surface area contributed by atoms with E-state index in [1.54, 1.807) is 0 Å². The van der Waals surface area contributed by atoms with Crippen molar-refractivity contribution in [2.75, 3.05) is 25.0 Å². The van der Waals surface area contributed by atoms with Crippen LogP contribution in [0.2, 0.25) is 0 Å². The molecule has 1 N–H and O–H groups in total. The molecule has 0 spiro atoms. The van der Waals surface area contributed by atoms with Gasteiger partial charge in [-0.25, -0.2) is 4.98 Å². The minimum atomic E-state index is 0.567. The summed E-state index contributed by atoms with van der Waals surface area (Å²) in [5.41, 5.74) is 2.96. The largest absolute Gasteiger partial charge is 0.441 e. The Bertz CT molecular complexity index is 578. The molecular weight excluding hydrogens is 250 g/mol. The van der Waals surface area contributed by atoms with Crippen molar-refractivity contribution < 1.29 is 4.42 Å². The van der Waals surface area contributed by atoms with E-state index in [-0.39, 0.29) is 0 Å². The summed E-state index contributed by atoms with van der Waals surface area (Å²) < 4.78 is 5.52. The second-order valence-electron chi connectivity index (χ2n) is 5.62. The van der Waals surface area contributed by atoms with Crippen molar-refractivity contribution in [1.82, 2.24) is 9.88 Å². The molecule has 4 heteroatoms. The molecule has 20 heavy (non-hydrogen) atoms. The molecule has 3 rings (SSSR count). The number of hydrogen-bond donors (Lipinski definition) is 1. The predicted octanol–water partition coefficient (Wildman–Crippen LogP) is 3.42. The second kappa shape index (κ2) is 5.83. The van der Waals surface area contributed by atoms with Crippen LogP contribution in [-0.2, 0) is 0 Å². The number of fused-ring (bicyclic) bond motifs is 1. The normalized spacial score (nSPS) is 21.0. The van der Waals surface area contributed by atoms with Crippen LogP contribution in [0.3, 0.4) is 0 Å². The van der Waals surface area contributed by atoms with Crippen molar-refractivity contribution in [3.8, 4) is 0 Å². The number of nitrogens with one attached hydrogen (secondary N) is 1. The van der Waals surface area contributed by atoms with Crippen LogP contribution in [-0.4, -0.2) is 35.6 Å². The lowest BCUT2D eigenvalue weighted by Gasteiger charge is -2.19. The molecule has 1 saturated heterocycles. The zero-order chi connectivity index (χ0) is 13.9. The maximum atomic E-state index is 5.52. The van der Waals surface area contributed by atoms with Gasteiger partial charge in [0.2, 0.25) is 0 Å². The molecule has 1 aromatic heterocycles. The van der Waals surface area contributed by atoms with E-state index in [2.05, 4.69) is 34.3 Å². The summed E-state index contributed by atoms with van der Waals surface area (Å²) >= 11 is 0. The van der Waals surface area contributed by atoms with Crippen LogP contribution in [0.25, 0.3) is 11.1 Å². The molecule has 0 saturated carbocycles. The minimum Gasteiger partial charge on any atom is -0.441 e. The minimum absolute atomic E-state index is 0.567. The number of likely N-dealkylation sites (tertiary alicyclic amines) is 1. The average Bonchev–Trinajstić information content (AvgIpc) is 2.66. The monoisotopic (exact) mass is 273 g/mol. The highest BCUT2D eigenvalue weighted by Crippen LogP contribution is 2.22. The van der Waals surface area contributed by atoms with Gasteiger partial charge in [0.25, 0.3) is 0 Å². The molecule has 1 aliphatic heterocycles. The maximum Gasteiger partial charge on any atom is 0.192 e. The number of hydrogen-bond acceptors (Lipinski definition) is 4. The Kier molecular flexibility index (Phi) is 3.92. The van der Waals surface area contributed by atoms with Gasteiger partial charge < -0.3 is 14.6 Å². The predicted molar refractivity (Wildman–Crippen MR) is 82.1 cm³/mol. The zero-order valence-corrected chi connectivity index (χ0v) is 12.4. The maximum absolute atomic E-state index is 5.52. The van der Waals surface area contributed by atoms with E-state index in [0.717, 1.165) is 29.2 Å². The highest BCUT2D eigenvalue weighted by Gasteiger charge is 2.16. The smallest absolute Gasteiger partial charge is 0.192 e. The van der Waals surface area contributed by atoms with Crippen molar-refractivity contribution >= 4 is 16.8 Å². The Labute approximate surface area is 120 Å². The standard InChI is InChI=1S/C16H23N3O/c1-3-19-9-4-5-13(8-10-19)18-14-6-7-16-15(11-14)17-12(2)20-16/h6-7,11,13,18H,3-5,8-10H2,1-2H3. The van der Waals surface area contributed by atoms with Gasteiger partial charge in [-0.15, -0.1) is 0 Å². The van der Waals surface area contributed by atoms with Crippen LogP contribution >= 0.6 is 0 Å². The summed E-state index contributed by atoms with van der Waals surface area (Å²) in [6, 6.07) is 6.76. The highest BCUT2D eigenvalue weighted by molar-refractivity contribution is 5.77. The van der Waals surface area contributed by atoms with Gasteiger partial charge in [-0.3, -0.25) is 0 Å². The summed E-state index contributed by atoms with van der Waals surface area (Å²) in [6.45, 7) is 7.72. The molecule has 2 heterocycles. The van der Waals surface area contributed by atoms with Crippen molar-refractivity contribution in [2.45, 2.75) is 39.2 Å². The van der Waals surface area contributed by atoms with Crippen LogP contribution < -0.4 is 5.32 Å². The van der Waals surface area contributed by atoms with E-state index in [9.17, 15) is 0 Å². The Morgan fingerprint density at radius 1 is 1.35 bits per heavy atom. The third kappa shape index (κ3) is 2.96. The molecule has 0 radical (unpaired) electrons. The van der Waals surface area contributed by atoms with E-state index in [1.807, 2.05) is 13.0 Å². The van der Waals surface area contributed by atoms with Gasteiger partial charge in [-0.2, -0.15) is 0 Å². The SMILES string of the molecule is CCN1CCCC(Nc2ccc3oc(C)nc3c2)CC1. The van der Waals surface area contributed by atoms with Crippen LogP contribution in [0.5, 0.6) is 0 Å². The molecule has 1 fully saturated rings. The summed E-state index contributed by atoms with van der Waals surface area (Å²) in [6.07, 6.45) is 3.73. The molecule has 0 amide bonds. The number of oxazole rings is 1. The molecule has 0 bridgehead atoms. The number of benzene rings is 1. The van der Waals surface area contributed by atoms with Crippen molar-refractivity contribution in [1.29, 1.82) is 0 Å². The van der Waals surface area contributed by atoms with Gasteiger partial charge in [0.15, 0.2) is 11.5 Å². The van der Waals surface area contributed by atoms with E-state index in [1.165, 1.54) is 32.4 Å². The molecule has 1 atom stereocenters. The molecule has 0 aliphatic carbocycles. The number of nitrogens with zero attached hydrogens (tertiary/aromatic N) is 2.